The summed E-state index contributed by atoms with van der Waals surface area (Å²) < 4.78 is 0. The number of aryl methyl sites for hydroxylation is 1. The SMILES string of the molecule is Cc1ccccc1C(=O)NC[C@H](c1cccs1)N1CCCCCC1. The number of rotatable bonds is 5. The monoisotopic (exact) mass is 342 g/mol. The summed E-state index contributed by atoms with van der Waals surface area (Å²) in [5.74, 6) is 0.0319. The van der Waals surface area contributed by atoms with Crippen LogP contribution in [0.3, 0.4) is 0 Å². The molecule has 1 atom stereocenters. The Kier molecular flexibility index (Phi) is 6.05. The molecular weight excluding hydrogens is 316 g/mol. The third kappa shape index (κ3) is 4.25. The molecule has 4 heteroatoms. The molecule has 0 bridgehead atoms. The van der Waals surface area contributed by atoms with Crippen LogP contribution in [0.15, 0.2) is 41.8 Å². The molecule has 1 saturated heterocycles. The Balaban J connectivity index is 1.70. The van der Waals surface area contributed by atoms with E-state index >= 15 is 0 Å². The lowest BCUT2D eigenvalue weighted by molar-refractivity contribution is 0.0933. The number of hydrogen-bond donors (Lipinski definition) is 1. The second-order valence-corrected chi connectivity index (χ2v) is 7.49. The number of carbonyl (C=O) groups excluding carboxylic acids is 1. The zero-order valence-corrected chi connectivity index (χ0v) is 15.1. The van der Waals surface area contributed by atoms with Crippen molar-refractivity contribution < 1.29 is 4.79 Å². The largest absolute Gasteiger partial charge is 0.350 e. The zero-order chi connectivity index (χ0) is 16.8. The Morgan fingerprint density at radius 3 is 2.54 bits per heavy atom. The van der Waals surface area contributed by atoms with Gasteiger partial charge in [-0.3, -0.25) is 9.69 Å². The number of nitrogens with one attached hydrogen (secondary N) is 1. The van der Waals surface area contributed by atoms with E-state index < -0.39 is 0 Å². The standard InChI is InChI=1S/C20H26N2OS/c1-16-9-4-5-10-17(16)20(23)21-15-18(19-11-8-14-24-19)22-12-6-2-3-7-13-22/h4-5,8-11,14,18H,2-3,6-7,12-13,15H2,1H3,(H,21,23)/t18-/m1/s1. The van der Waals surface area contributed by atoms with Crippen molar-refractivity contribution in [2.45, 2.75) is 38.6 Å². The topological polar surface area (TPSA) is 32.3 Å². The van der Waals surface area contributed by atoms with Crippen molar-refractivity contribution in [1.82, 2.24) is 10.2 Å². The quantitative estimate of drug-likeness (QED) is 0.873. The molecule has 24 heavy (non-hydrogen) atoms. The molecular formula is C20H26N2OS. The second-order valence-electron chi connectivity index (χ2n) is 6.51. The van der Waals surface area contributed by atoms with Crippen molar-refractivity contribution in [2.75, 3.05) is 19.6 Å². The van der Waals surface area contributed by atoms with Crippen LogP contribution in [0.4, 0.5) is 0 Å². The minimum Gasteiger partial charge on any atom is -0.350 e. The predicted molar refractivity (Wildman–Crippen MR) is 101 cm³/mol. The second kappa shape index (κ2) is 8.45. The molecule has 3 rings (SSSR count). The van der Waals surface area contributed by atoms with E-state index in [9.17, 15) is 4.79 Å². The molecule has 0 spiro atoms. The Morgan fingerprint density at radius 1 is 1.12 bits per heavy atom. The van der Waals surface area contributed by atoms with E-state index in [0.29, 0.717) is 6.54 Å². The van der Waals surface area contributed by atoms with Gasteiger partial charge in [-0.2, -0.15) is 0 Å². The van der Waals surface area contributed by atoms with Gasteiger partial charge in [0.05, 0.1) is 6.04 Å². The van der Waals surface area contributed by atoms with Crippen LogP contribution in [0.25, 0.3) is 0 Å². The van der Waals surface area contributed by atoms with Gasteiger partial charge in [-0.05, 0) is 55.9 Å². The molecule has 0 radical (unpaired) electrons. The van der Waals surface area contributed by atoms with Gasteiger partial charge in [0, 0.05) is 17.0 Å². The van der Waals surface area contributed by atoms with E-state index in [4.69, 9.17) is 0 Å². The summed E-state index contributed by atoms with van der Waals surface area (Å²) in [6, 6.07) is 12.4. The first-order valence-corrected chi connectivity index (χ1v) is 9.75. The predicted octanol–water partition coefficient (Wildman–Crippen LogP) is 4.40. The van der Waals surface area contributed by atoms with E-state index in [-0.39, 0.29) is 11.9 Å². The van der Waals surface area contributed by atoms with Crippen LogP contribution in [-0.2, 0) is 0 Å². The molecule has 1 aromatic heterocycles. The van der Waals surface area contributed by atoms with E-state index in [0.717, 1.165) is 24.2 Å². The number of likely N-dealkylation sites (tertiary alicyclic amines) is 1. The van der Waals surface area contributed by atoms with Crippen LogP contribution in [0, 0.1) is 6.92 Å². The van der Waals surface area contributed by atoms with Crippen LogP contribution in [0.5, 0.6) is 0 Å². The van der Waals surface area contributed by atoms with Gasteiger partial charge in [0.25, 0.3) is 5.91 Å². The van der Waals surface area contributed by atoms with Crippen molar-refractivity contribution in [3.05, 3.63) is 57.8 Å². The van der Waals surface area contributed by atoms with Gasteiger partial charge in [0.2, 0.25) is 0 Å². The van der Waals surface area contributed by atoms with E-state index in [1.54, 1.807) is 11.3 Å². The molecule has 0 saturated carbocycles. The highest BCUT2D eigenvalue weighted by molar-refractivity contribution is 7.10. The first-order chi connectivity index (χ1) is 11.8. The van der Waals surface area contributed by atoms with Crippen LogP contribution >= 0.6 is 11.3 Å². The normalized spacial score (nSPS) is 17.2. The first-order valence-electron chi connectivity index (χ1n) is 8.87. The van der Waals surface area contributed by atoms with Gasteiger partial charge in [-0.1, -0.05) is 37.1 Å². The average Bonchev–Trinajstić information content (AvgIpc) is 2.98. The van der Waals surface area contributed by atoms with E-state index in [1.165, 1.54) is 30.6 Å². The van der Waals surface area contributed by atoms with Crippen molar-refractivity contribution in [3.8, 4) is 0 Å². The molecule has 1 aliphatic heterocycles. The Labute approximate surface area is 148 Å². The van der Waals surface area contributed by atoms with Crippen molar-refractivity contribution in [2.24, 2.45) is 0 Å². The number of nitrogens with zero attached hydrogens (tertiary/aromatic N) is 1. The number of hydrogen-bond acceptors (Lipinski definition) is 3. The summed E-state index contributed by atoms with van der Waals surface area (Å²) in [4.78, 5) is 16.5. The summed E-state index contributed by atoms with van der Waals surface area (Å²) in [6.45, 7) is 4.92. The van der Waals surface area contributed by atoms with Crippen LogP contribution in [0.2, 0.25) is 0 Å². The smallest absolute Gasteiger partial charge is 0.251 e. The van der Waals surface area contributed by atoms with Crippen LogP contribution in [-0.4, -0.2) is 30.4 Å². The maximum absolute atomic E-state index is 12.6. The third-order valence-electron chi connectivity index (χ3n) is 4.80. The lowest BCUT2D eigenvalue weighted by Crippen LogP contribution is -2.38. The minimum atomic E-state index is 0.0319. The fourth-order valence-electron chi connectivity index (χ4n) is 3.41. The molecule has 0 unspecified atom stereocenters. The Morgan fingerprint density at radius 2 is 1.88 bits per heavy atom. The number of amides is 1. The lowest BCUT2D eigenvalue weighted by Gasteiger charge is -2.30. The Hall–Kier alpha value is -1.65. The van der Waals surface area contributed by atoms with Gasteiger partial charge in [0.1, 0.15) is 0 Å². The molecule has 1 N–H and O–H groups in total. The molecule has 128 valence electrons. The van der Waals surface area contributed by atoms with Crippen molar-refractivity contribution >= 4 is 17.2 Å². The summed E-state index contributed by atoms with van der Waals surface area (Å²) in [5.41, 5.74) is 1.80. The molecule has 2 aromatic rings. The average molecular weight is 343 g/mol. The summed E-state index contributed by atoms with van der Waals surface area (Å²) >= 11 is 1.79. The molecule has 1 amide bonds. The van der Waals surface area contributed by atoms with Crippen molar-refractivity contribution in [1.29, 1.82) is 0 Å². The zero-order valence-electron chi connectivity index (χ0n) is 14.3. The highest BCUT2D eigenvalue weighted by Gasteiger charge is 2.23. The van der Waals surface area contributed by atoms with Gasteiger partial charge < -0.3 is 5.32 Å². The molecule has 3 nitrogen and oxygen atoms in total. The molecule has 0 aliphatic carbocycles. The van der Waals surface area contributed by atoms with Crippen LogP contribution in [0.1, 0.15) is 52.5 Å². The number of benzene rings is 1. The number of thiophene rings is 1. The maximum atomic E-state index is 12.6. The van der Waals surface area contributed by atoms with Gasteiger partial charge >= 0.3 is 0 Å². The number of carbonyl (C=O) groups is 1. The summed E-state index contributed by atoms with van der Waals surface area (Å²) in [6.07, 6.45) is 5.16. The first kappa shape index (κ1) is 17.2. The van der Waals surface area contributed by atoms with E-state index in [2.05, 4.69) is 27.7 Å². The molecule has 1 aliphatic rings. The highest BCUT2D eigenvalue weighted by atomic mass is 32.1. The fraction of sp³-hybridized carbons (Fsp3) is 0.450. The van der Waals surface area contributed by atoms with E-state index in [1.807, 2.05) is 31.2 Å². The minimum absolute atomic E-state index is 0.0319. The molecule has 1 fully saturated rings. The van der Waals surface area contributed by atoms with Crippen LogP contribution < -0.4 is 5.32 Å². The maximum Gasteiger partial charge on any atom is 0.251 e. The summed E-state index contributed by atoms with van der Waals surface area (Å²) in [7, 11) is 0. The summed E-state index contributed by atoms with van der Waals surface area (Å²) in [5, 5.41) is 5.30. The van der Waals surface area contributed by atoms with Gasteiger partial charge in [0.15, 0.2) is 0 Å². The highest BCUT2D eigenvalue weighted by Crippen LogP contribution is 2.27. The van der Waals surface area contributed by atoms with Crippen molar-refractivity contribution in [3.63, 3.8) is 0 Å². The lowest BCUT2D eigenvalue weighted by atomic mass is 10.1. The van der Waals surface area contributed by atoms with Gasteiger partial charge in [-0.25, -0.2) is 0 Å². The molecule has 1 aromatic carbocycles. The fourth-order valence-corrected chi connectivity index (χ4v) is 4.27. The Bertz CT molecular complexity index is 645. The molecule has 2 heterocycles. The van der Waals surface area contributed by atoms with Gasteiger partial charge in [-0.15, -0.1) is 11.3 Å². The third-order valence-corrected chi connectivity index (χ3v) is 5.77.